The van der Waals surface area contributed by atoms with Gasteiger partial charge in [-0.25, -0.2) is 4.52 Å². The fourth-order valence-electron chi connectivity index (χ4n) is 2.43. The average molecular weight is 358 g/mol. The largest absolute Gasteiger partial charge is 0.464 e. The van der Waals surface area contributed by atoms with Crippen LogP contribution in [0.5, 0.6) is 0 Å². The van der Waals surface area contributed by atoms with Gasteiger partial charge in [-0.2, -0.15) is 5.10 Å². The van der Waals surface area contributed by atoms with Crippen LogP contribution in [0.1, 0.15) is 15.4 Å². The number of aromatic nitrogens is 2. The number of thiophene rings is 1. The maximum absolute atomic E-state index is 12.3. The molecule has 4 aromatic rings. The van der Waals surface area contributed by atoms with Crippen molar-refractivity contribution in [3.8, 4) is 11.3 Å². The molecule has 0 aromatic carbocycles. The van der Waals surface area contributed by atoms with Crippen molar-refractivity contribution in [3.05, 3.63) is 69.8 Å². The molecule has 0 unspecified atom stereocenters. The monoisotopic (exact) mass is 357 g/mol. The van der Waals surface area contributed by atoms with Gasteiger partial charge in [-0.1, -0.05) is 17.7 Å². The first-order valence-corrected chi connectivity index (χ1v) is 8.50. The highest BCUT2D eigenvalue weighted by Gasteiger charge is 2.14. The van der Waals surface area contributed by atoms with Crippen LogP contribution in [-0.4, -0.2) is 15.5 Å². The summed E-state index contributed by atoms with van der Waals surface area (Å²) in [6.07, 6.45) is 1.60. The summed E-state index contributed by atoms with van der Waals surface area (Å²) in [7, 11) is 0. The summed E-state index contributed by atoms with van der Waals surface area (Å²) in [5.74, 6) is 0.479. The first-order valence-electron chi connectivity index (χ1n) is 7.24. The summed E-state index contributed by atoms with van der Waals surface area (Å²) < 4.78 is 6.93. The van der Waals surface area contributed by atoms with E-state index in [9.17, 15) is 4.79 Å². The molecular formula is C17H12ClN3O2S. The Bertz CT molecular complexity index is 991. The number of hydrogen-bond acceptors (Lipinski definition) is 4. The molecule has 0 saturated heterocycles. The third kappa shape index (κ3) is 2.81. The molecular weight excluding hydrogens is 346 g/mol. The van der Waals surface area contributed by atoms with Crippen molar-refractivity contribution in [2.24, 2.45) is 0 Å². The van der Waals surface area contributed by atoms with E-state index in [0.29, 0.717) is 23.2 Å². The van der Waals surface area contributed by atoms with Crippen LogP contribution < -0.4 is 5.32 Å². The number of hydrogen-bond donors (Lipinski definition) is 1. The van der Waals surface area contributed by atoms with Gasteiger partial charge in [0.2, 0.25) is 0 Å². The lowest BCUT2D eigenvalue weighted by molar-refractivity contribution is 0.0946. The van der Waals surface area contributed by atoms with Crippen molar-refractivity contribution >= 4 is 34.4 Å². The summed E-state index contributed by atoms with van der Waals surface area (Å²) in [4.78, 5) is 13.4. The lowest BCUT2D eigenvalue weighted by atomic mass is 10.2. The maximum atomic E-state index is 12.3. The number of halogens is 1. The van der Waals surface area contributed by atoms with Gasteiger partial charge < -0.3 is 9.73 Å². The molecule has 4 heterocycles. The standard InChI is InChI=1S/C17H12ClN3O2S/c18-16-8-11(15-4-1-5-23-15)7-12-9-14(20-21(12)16)17(22)19-10-13-3-2-6-24-13/h1-9H,10H2,(H,19,22). The van der Waals surface area contributed by atoms with Gasteiger partial charge in [0, 0.05) is 10.4 Å². The molecule has 24 heavy (non-hydrogen) atoms. The average Bonchev–Trinajstić information content (AvgIpc) is 3.32. The van der Waals surface area contributed by atoms with Crippen LogP contribution in [0.3, 0.4) is 0 Å². The first kappa shape index (κ1) is 15.0. The van der Waals surface area contributed by atoms with Crippen LogP contribution in [0.15, 0.2) is 58.5 Å². The molecule has 0 aliphatic rings. The topological polar surface area (TPSA) is 59.5 Å². The lowest BCUT2D eigenvalue weighted by Crippen LogP contribution is -2.22. The van der Waals surface area contributed by atoms with Crippen molar-refractivity contribution in [1.82, 2.24) is 14.9 Å². The number of fused-ring (bicyclic) bond motifs is 1. The molecule has 0 aliphatic carbocycles. The van der Waals surface area contributed by atoms with Crippen molar-refractivity contribution in [2.45, 2.75) is 6.54 Å². The van der Waals surface area contributed by atoms with Gasteiger partial charge >= 0.3 is 0 Å². The highest BCUT2D eigenvalue weighted by atomic mass is 35.5. The van der Waals surface area contributed by atoms with Gasteiger partial charge in [-0.3, -0.25) is 4.79 Å². The summed E-state index contributed by atoms with van der Waals surface area (Å²) >= 11 is 7.88. The first-order chi connectivity index (χ1) is 11.7. The predicted octanol–water partition coefficient (Wildman–Crippen LogP) is 4.24. The minimum absolute atomic E-state index is 0.234. The Kier molecular flexibility index (Phi) is 3.84. The van der Waals surface area contributed by atoms with Crippen LogP contribution in [0.2, 0.25) is 5.15 Å². The van der Waals surface area contributed by atoms with E-state index in [1.54, 1.807) is 29.7 Å². The number of nitrogens with one attached hydrogen (secondary N) is 1. The Hall–Kier alpha value is -2.57. The molecule has 0 atom stereocenters. The molecule has 7 heteroatoms. The molecule has 0 saturated carbocycles. The molecule has 0 radical (unpaired) electrons. The van der Waals surface area contributed by atoms with Crippen molar-refractivity contribution < 1.29 is 9.21 Å². The SMILES string of the molecule is O=C(NCc1cccs1)c1cc2cc(-c3ccco3)cc(Cl)n2n1. The van der Waals surface area contributed by atoms with Gasteiger partial charge in [0.15, 0.2) is 5.69 Å². The highest BCUT2D eigenvalue weighted by Crippen LogP contribution is 2.26. The molecule has 0 fully saturated rings. The van der Waals surface area contributed by atoms with Crippen LogP contribution in [0.4, 0.5) is 0 Å². The minimum atomic E-state index is -0.234. The second-order valence-electron chi connectivity index (χ2n) is 5.17. The zero-order valence-corrected chi connectivity index (χ0v) is 14.0. The van der Waals surface area contributed by atoms with Crippen LogP contribution >= 0.6 is 22.9 Å². The second-order valence-corrected chi connectivity index (χ2v) is 6.59. The van der Waals surface area contributed by atoms with Crippen LogP contribution in [-0.2, 0) is 6.54 Å². The molecule has 0 spiro atoms. The number of rotatable bonds is 4. The maximum Gasteiger partial charge on any atom is 0.272 e. The number of nitrogens with zero attached hydrogens (tertiary/aromatic N) is 2. The molecule has 120 valence electrons. The molecule has 4 rings (SSSR count). The van der Waals surface area contributed by atoms with E-state index in [1.807, 2.05) is 35.7 Å². The van der Waals surface area contributed by atoms with E-state index in [-0.39, 0.29) is 5.91 Å². The Morgan fingerprint density at radius 3 is 2.96 bits per heavy atom. The number of carbonyl (C=O) groups excluding carboxylic acids is 1. The molecule has 4 aromatic heterocycles. The Morgan fingerprint density at radius 1 is 1.29 bits per heavy atom. The highest BCUT2D eigenvalue weighted by molar-refractivity contribution is 7.09. The number of carbonyl (C=O) groups is 1. The molecule has 0 bridgehead atoms. The zero-order chi connectivity index (χ0) is 16.5. The van der Waals surface area contributed by atoms with E-state index < -0.39 is 0 Å². The van der Waals surface area contributed by atoms with E-state index in [4.69, 9.17) is 16.0 Å². The fourth-order valence-corrected chi connectivity index (χ4v) is 3.32. The molecule has 5 nitrogen and oxygen atoms in total. The van der Waals surface area contributed by atoms with Gasteiger partial charge in [0.25, 0.3) is 5.91 Å². The number of furan rings is 1. The Labute approximate surface area is 146 Å². The van der Waals surface area contributed by atoms with Gasteiger partial charge in [-0.05, 0) is 41.8 Å². The minimum Gasteiger partial charge on any atom is -0.464 e. The third-order valence-electron chi connectivity index (χ3n) is 3.56. The van der Waals surface area contributed by atoms with E-state index in [0.717, 1.165) is 16.0 Å². The van der Waals surface area contributed by atoms with Crippen LogP contribution in [0, 0.1) is 0 Å². The second kappa shape index (κ2) is 6.14. The Morgan fingerprint density at radius 2 is 2.21 bits per heavy atom. The van der Waals surface area contributed by atoms with Crippen molar-refractivity contribution in [2.75, 3.05) is 0 Å². The van der Waals surface area contributed by atoms with Gasteiger partial charge in [0.1, 0.15) is 10.9 Å². The van der Waals surface area contributed by atoms with Gasteiger partial charge in [0.05, 0.1) is 18.3 Å². The fraction of sp³-hybridized carbons (Fsp3) is 0.0588. The predicted molar refractivity (Wildman–Crippen MR) is 93.4 cm³/mol. The van der Waals surface area contributed by atoms with Gasteiger partial charge in [-0.15, -0.1) is 11.3 Å². The summed E-state index contributed by atoms with van der Waals surface area (Å²) in [6, 6.07) is 12.9. The Balaban J connectivity index is 1.62. The van der Waals surface area contributed by atoms with Crippen LogP contribution in [0.25, 0.3) is 16.8 Å². The van der Waals surface area contributed by atoms with Crippen molar-refractivity contribution in [3.63, 3.8) is 0 Å². The normalized spacial score (nSPS) is 11.0. The third-order valence-corrected chi connectivity index (χ3v) is 4.70. The van der Waals surface area contributed by atoms with E-state index in [2.05, 4.69) is 10.4 Å². The molecule has 1 N–H and O–H groups in total. The molecule has 0 aliphatic heterocycles. The summed E-state index contributed by atoms with van der Waals surface area (Å²) in [5, 5.41) is 9.53. The molecule has 1 amide bonds. The summed E-state index contributed by atoms with van der Waals surface area (Å²) in [5.41, 5.74) is 1.89. The lowest BCUT2D eigenvalue weighted by Gasteiger charge is -2.01. The smallest absolute Gasteiger partial charge is 0.272 e. The number of pyridine rings is 1. The van der Waals surface area contributed by atoms with Crippen molar-refractivity contribution in [1.29, 1.82) is 0 Å². The van der Waals surface area contributed by atoms with E-state index >= 15 is 0 Å². The zero-order valence-electron chi connectivity index (χ0n) is 12.4. The quantitative estimate of drug-likeness (QED) is 0.556. The summed E-state index contributed by atoms with van der Waals surface area (Å²) in [6.45, 7) is 0.482. The number of amides is 1. The van der Waals surface area contributed by atoms with E-state index in [1.165, 1.54) is 4.52 Å².